The topological polar surface area (TPSA) is 67.4 Å². The van der Waals surface area contributed by atoms with Crippen molar-refractivity contribution in [2.45, 2.75) is 43.5 Å². The lowest BCUT2D eigenvalue weighted by atomic mass is 10.2. The summed E-state index contributed by atoms with van der Waals surface area (Å²) in [6.45, 7) is 4.17. The van der Waals surface area contributed by atoms with Gasteiger partial charge in [-0.2, -0.15) is 0 Å². The molecule has 1 atom stereocenters. The zero-order valence-electron chi connectivity index (χ0n) is 12.5. The van der Waals surface area contributed by atoms with Crippen LogP contribution in [0.2, 0.25) is 0 Å². The van der Waals surface area contributed by atoms with Gasteiger partial charge in [0.15, 0.2) is 0 Å². The maximum Gasteiger partial charge on any atom is 0.240 e. The van der Waals surface area contributed by atoms with Gasteiger partial charge in [0, 0.05) is 12.6 Å². The predicted molar refractivity (Wildman–Crippen MR) is 83.1 cm³/mol. The molecule has 1 aliphatic rings. The lowest BCUT2D eigenvalue weighted by Gasteiger charge is -2.11. The first-order valence-corrected chi connectivity index (χ1v) is 9.06. The molecule has 0 aliphatic carbocycles. The third kappa shape index (κ3) is 4.98. The van der Waals surface area contributed by atoms with Crippen molar-refractivity contribution in [3.8, 4) is 5.75 Å². The van der Waals surface area contributed by atoms with E-state index in [9.17, 15) is 8.42 Å². The quantitative estimate of drug-likeness (QED) is 0.769. The average molecular weight is 312 g/mol. The summed E-state index contributed by atoms with van der Waals surface area (Å²) in [6, 6.07) is 7.01. The van der Waals surface area contributed by atoms with E-state index in [4.69, 9.17) is 4.74 Å². The first-order chi connectivity index (χ1) is 10.1. The van der Waals surface area contributed by atoms with Crippen LogP contribution in [-0.2, 0) is 10.0 Å². The minimum absolute atomic E-state index is 0.283. The molecule has 5 nitrogen and oxygen atoms in total. The van der Waals surface area contributed by atoms with Gasteiger partial charge in [-0.3, -0.25) is 0 Å². The molecule has 2 N–H and O–H groups in total. The lowest BCUT2D eigenvalue weighted by Crippen LogP contribution is -2.30. The van der Waals surface area contributed by atoms with Gasteiger partial charge in [0.25, 0.3) is 0 Å². The minimum atomic E-state index is -3.42. The molecular weight excluding hydrogens is 288 g/mol. The molecule has 1 aliphatic heterocycles. The van der Waals surface area contributed by atoms with E-state index in [1.807, 2.05) is 6.92 Å². The number of nitrogens with one attached hydrogen (secondary N) is 2. The highest BCUT2D eigenvalue weighted by Gasteiger charge is 2.17. The van der Waals surface area contributed by atoms with Crippen molar-refractivity contribution in [3.05, 3.63) is 24.3 Å². The largest absolute Gasteiger partial charge is 0.494 e. The van der Waals surface area contributed by atoms with Gasteiger partial charge in [-0.1, -0.05) is 6.92 Å². The van der Waals surface area contributed by atoms with Gasteiger partial charge < -0.3 is 10.1 Å². The molecule has 0 bridgehead atoms. The van der Waals surface area contributed by atoms with E-state index in [2.05, 4.69) is 10.0 Å². The Hall–Kier alpha value is -1.11. The van der Waals surface area contributed by atoms with Crippen LogP contribution in [0.25, 0.3) is 0 Å². The molecule has 0 aromatic heterocycles. The molecule has 21 heavy (non-hydrogen) atoms. The highest BCUT2D eigenvalue weighted by molar-refractivity contribution is 7.89. The summed E-state index contributed by atoms with van der Waals surface area (Å²) in [6.07, 6.45) is 4.07. The van der Waals surface area contributed by atoms with Gasteiger partial charge in [0.1, 0.15) is 5.75 Å². The zero-order valence-corrected chi connectivity index (χ0v) is 13.3. The van der Waals surface area contributed by atoms with Crippen LogP contribution in [0, 0.1) is 0 Å². The molecule has 1 heterocycles. The molecule has 118 valence electrons. The van der Waals surface area contributed by atoms with E-state index < -0.39 is 10.0 Å². The summed E-state index contributed by atoms with van der Waals surface area (Å²) < 4.78 is 32.4. The fourth-order valence-corrected chi connectivity index (χ4v) is 3.44. The molecule has 0 amide bonds. The highest BCUT2D eigenvalue weighted by atomic mass is 32.2. The fraction of sp³-hybridized carbons (Fsp3) is 0.600. The van der Waals surface area contributed by atoms with E-state index in [0.717, 1.165) is 25.8 Å². The Bertz CT molecular complexity index is 522. The Kier molecular flexibility index (Phi) is 6.02. The number of rotatable bonds is 8. The first-order valence-electron chi connectivity index (χ1n) is 7.58. The first kappa shape index (κ1) is 16.3. The maximum absolute atomic E-state index is 12.2. The van der Waals surface area contributed by atoms with Gasteiger partial charge in [-0.15, -0.1) is 0 Å². The van der Waals surface area contributed by atoms with Crippen LogP contribution in [0.15, 0.2) is 29.2 Å². The molecule has 0 unspecified atom stereocenters. The Morgan fingerprint density at radius 3 is 2.71 bits per heavy atom. The van der Waals surface area contributed by atoms with E-state index in [1.165, 1.54) is 6.42 Å². The van der Waals surface area contributed by atoms with Crippen LogP contribution in [0.5, 0.6) is 5.75 Å². The van der Waals surface area contributed by atoms with Crippen LogP contribution in [0.3, 0.4) is 0 Å². The SMILES string of the molecule is CCCOc1ccc(S(=O)(=O)NCC[C@H]2CCCN2)cc1. The monoisotopic (exact) mass is 312 g/mol. The number of benzene rings is 1. The predicted octanol–water partition coefficient (Wildman–Crippen LogP) is 1.90. The lowest BCUT2D eigenvalue weighted by molar-refractivity contribution is 0.317. The molecule has 0 saturated carbocycles. The van der Waals surface area contributed by atoms with Crippen molar-refractivity contribution in [2.75, 3.05) is 19.7 Å². The number of hydrogen-bond donors (Lipinski definition) is 2. The van der Waals surface area contributed by atoms with Gasteiger partial charge in [0.2, 0.25) is 10.0 Å². The van der Waals surface area contributed by atoms with Gasteiger partial charge in [-0.05, 0) is 56.5 Å². The summed E-state index contributed by atoms with van der Waals surface area (Å²) in [5.74, 6) is 0.700. The highest BCUT2D eigenvalue weighted by Crippen LogP contribution is 2.16. The average Bonchev–Trinajstić information content (AvgIpc) is 2.98. The van der Waals surface area contributed by atoms with Crippen LogP contribution in [0.4, 0.5) is 0 Å². The Morgan fingerprint density at radius 1 is 1.33 bits per heavy atom. The number of ether oxygens (including phenoxy) is 1. The van der Waals surface area contributed by atoms with Gasteiger partial charge in [0.05, 0.1) is 11.5 Å². The van der Waals surface area contributed by atoms with Gasteiger partial charge in [-0.25, -0.2) is 13.1 Å². The molecule has 2 rings (SSSR count). The van der Waals surface area contributed by atoms with E-state index in [-0.39, 0.29) is 4.90 Å². The number of sulfonamides is 1. The second kappa shape index (κ2) is 7.77. The van der Waals surface area contributed by atoms with Crippen molar-refractivity contribution in [2.24, 2.45) is 0 Å². The normalized spacial score (nSPS) is 18.8. The Labute approximate surface area is 127 Å². The summed E-state index contributed by atoms with van der Waals surface area (Å²) in [4.78, 5) is 0.283. The van der Waals surface area contributed by atoms with Crippen molar-refractivity contribution >= 4 is 10.0 Å². The van der Waals surface area contributed by atoms with Crippen molar-refractivity contribution in [1.82, 2.24) is 10.0 Å². The van der Waals surface area contributed by atoms with Crippen LogP contribution >= 0.6 is 0 Å². The summed E-state index contributed by atoms with van der Waals surface area (Å²) in [5.41, 5.74) is 0. The standard InChI is InChI=1S/C15H24N2O3S/c1-2-12-20-14-5-7-15(8-6-14)21(18,19)17-11-9-13-4-3-10-16-13/h5-8,13,16-17H,2-4,9-12H2,1H3/t13-/m1/s1. The van der Waals surface area contributed by atoms with Crippen molar-refractivity contribution in [1.29, 1.82) is 0 Å². The molecular formula is C15H24N2O3S. The third-order valence-electron chi connectivity index (χ3n) is 3.55. The van der Waals surface area contributed by atoms with E-state index in [1.54, 1.807) is 24.3 Å². The van der Waals surface area contributed by atoms with Crippen LogP contribution in [-0.4, -0.2) is 34.2 Å². The molecule has 1 saturated heterocycles. The third-order valence-corrected chi connectivity index (χ3v) is 5.03. The molecule has 1 aromatic rings. The Morgan fingerprint density at radius 2 is 2.10 bits per heavy atom. The molecule has 0 spiro atoms. The second-order valence-corrected chi connectivity index (χ2v) is 7.07. The molecule has 6 heteroatoms. The van der Waals surface area contributed by atoms with Crippen LogP contribution < -0.4 is 14.8 Å². The van der Waals surface area contributed by atoms with Crippen LogP contribution in [0.1, 0.15) is 32.6 Å². The second-order valence-electron chi connectivity index (χ2n) is 5.30. The van der Waals surface area contributed by atoms with Gasteiger partial charge >= 0.3 is 0 Å². The molecule has 1 fully saturated rings. The van der Waals surface area contributed by atoms with E-state index in [0.29, 0.717) is 24.9 Å². The van der Waals surface area contributed by atoms with Crippen molar-refractivity contribution < 1.29 is 13.2 Å². The molecule has 1 aromatic carbocycles. The minimum Gasteiger partial charge on any atom is -0.494 e. The zero-order chi connectivity index (χ0) is 15.1. The number of hydrogen-bond acceptors (Lipinski definition) is 4. The van der Waals surface area contributed by atoms with Crippen molar-refractivity contribution in [3.63, 3.8) is 0 Å². The fourth-order valence-electron chi connectivity index (χ4n) is 2.39. The molecule has 0 radical (unpaired) electrons. The Balaban J connectivity index is 1.85. The summed E-state index contributed by atoms with van der Waals surface area (Å²) >= 11 is 0. The summed E-state index contributed by atoms with van der Waals surface area (Å²) in [5, 5.41) is 3.36. The summed E-state index contributed by atoms with van der Waals surface area (Å²) in [7, 11) is -3.42. The smallest absolute Gasteiger partial charge is 0.240 e. The van der Waals surface area contributed by atoms with E-state index >= 15 is 0 Å². The maximum atomic E-state index is 12.2.